The molecular weight excluding hydrogens is 538 g/mol. The fourth-order valence-electron chi connectivity index (χ4n) is 5.42. The van der Waals surface area contributed by atoms with Crippen molar-refractivity contribution in [2.45, 2.75) is 82.5 Å². The second kappa shape index (κ2) is 14.8. The third kappa shape index (κ3) is 8.53. The number of nitrogens with zero attached hydrogens (tertiary/aromatic N) is 3. The molecule has 214 valence electrons. The average molecular weight is 578 g/mol. The quantitative estimate of drug-likeness (QED) is 0.394. The zero-order valence-corrected chi connectivity index (χ0v) is 24.6. The summed E-state index contributed by atoms with van der Waals surface area (Å²) in [7, 11) is 0. The van der Waals surface area contributed by atoms with Crippen LogP contribution >= 0.6 is 24.2 Å². The summed E-state index contributed by atoms with van der Waals surface area (Å²) in [5, 5.41) is 14.1. The van der Waals surface area contributed by atoms with Gasteiger partial charge in [0, 0.05) is 18.2 Å². The van der Waals surface area contributed by atoms with E-state index in [1.807, 2.05) is 38.3 Å². The SMILES string of the molecule is CSc1nnc([C@H](CC(C)C)C(=O)NC(=O)[C@@H]2CCCC[C@@H]2NC(=O)c2cccc(CN3CCCC3)c2)o1.Cl. The Balaban J connectivity index is 0.00000420. The van der Waals surface area contributed by atoms with Crippen molar-refractivity contribution in [2.75, 3.05) is 19.3 Å². The van der Waals surface area contributed by atoms with E-state index in [1.54, 1.807) is 0 Å². The lowest BCUT2D eigenvalue weighted by molar-refractivity contribution is -0.135. The van der Waals surface area contributed by atoms with Crippen LogP contribution in [0.2, 0.25) is 0 Å². The van der Waals surface area contributed by atoms with Gasteiger partial charge in [-0.05, 0) is 75.1 Å². The molecule has 1 saturated carbocycles. The van der Waals surface area contributed by atoms with Crippen molar-refractivity contribution in [1.29, 1.82) is 0 Å². The summed E-state index contributed by atoms with van der Waals surface area (Å²) in [6, 6.07) is 7.39. The molecule has 0 radical (unpaired) electrons. The van der Waals surface area contributed by atoms with Crippen LogP contribution < -0.4 is 10.6 Å². The lowest BCUT2D eigenvalue weighted by Gasteiger charge is -2.31. The van der Waals surface area contributed by atoms with Crippen LogP contribution in [0.15, 0.2) is 33.9 Å². The summed E-state index contributed by atoms with van der Waals surface area (Å²) in [5.41, 5.74) is 1.71. The van der Waals surface area contributed by atoms with E-state index in [1.165, 1.54) is 24.6 Å². The summed E-state index contributed by atoms with van der Waals surface area (Å²) >= 11 is 1.31. The molecule has 3 amide bonds. The third-order valence-electron chi connectivity index (χ3n) is 7.38. The van der Waals surface area contributed by atoms with Gasteiger partial charge in [0.15, 0.2) is 0 Å². The highest BCUT2D eigenvalue weighted by molar-refractivity contribution is 7.98. The predicted molar refractivity (Wildman–Crippen MR) is 153 cm³/mol. The molecule has 2 heterocycles. The Bertz CT molecular complexity index is 1120. The smallest absolute Gasteiger partial charge is 0.276 e. The van der Waals surface area contributed by atoms with Crippen LogP contribution in [-0.4, -0.2) is 58.2 Å². The van der Waals surface area contributed by atoms with Crippen molar-refractivity contribution in [2.24, 2.45) is 11.8 Å². The van der Waals surface area contributed by atoms with Gasteiger partial charge in [0.05, 0.1) is 5.92 Å². The van der Waals surface area contributed by atoms with Gasteiger partial charge in [0.1, 0.15) is 5.92 Å². The minimum Gasteiger partial charge on any atom is -0.415 e. The average Bonchev–Trinajstić information content (AvgIpc) is 3.60. The molecule has 0 spiro atoms. The summed E-state index contributed by atoms with van der Waals surface area (Å²) in [6.45, 7) is 7.03. The first-order chi connectivity index (χ1) is 18.3. The van der Waals surface area contributed by atoms with E-state index in [0.29, 0.717) is 30.0 Å². The molecule has 39 heavy (non-hydrogen) atoms. The molecular formula is C28H40ClN5O4S. The zero-order chi connectivity index (χ0) is 27.1. The highest BCUT2D eigenvalue weighted by Crippen LogP contribution is 2.28. The van der Waals surface area contributed by atoms with Gasteiger partial charge in [0.25, 0.3) is 11.1 Å². The fraction of sp³-hybridized carbons (Fsp3) is 0.607. The van der Waals surface area contributed by atoms with E-state index in [-0.39, 0.29) is 42.1 Å². The summed E-state index contributed by atoms with van der Waals surface area (Å²) in [6.07, 6.45) is 7.85. The summed E-state index contributed by atoms with van der Waals surface area (Å²) < 4.78 is 5.63. The van der Waals surface area contributed by atoms with E-state index in [9.17, 15) is 14.4 Å². The first kappa shape index (κ1) is 31.1. The van der Waals surface area contributed by atoms with Crippen molar-refractivity contribution >= 4 is 41.9 Å². The van der Waals surface area contributed by atoms with Crippen LogP contribution in [-0.2, 0) is 16.1 Å². The second-order valence-electron chi connectivity index (χ2n) is 10.8. The molecule has 1 saturated heterocycles. The molecule has 11 heteroatoms. The van der Waals surface area contributed by atoms with Crippen LogP contribution in [0.5, 0.6) is 0 Å². The topological polar surface area (TPSA) is 117 Å². The van der Waals surface area contributed by atoms with Crippen LogP contribution in [0.4, 0.5) is 0 Å². The van der Waals surface area contributed by atoms with E-state index < -0.39 is 17.7 Å². The number of hydrogen-bond acceptors (Lipinski definition) is 8. The maximum atomic E-state index is 13.3. The lowest BCUT2D eigenvalue weighted by atomic mass is 9.83. The Morgan fingerprint density at radius 3 is 2.54 bits per heavy atom. The Kier molecular flexibility index (Phi) is 11.8. The number of benzene rings is 1. The number of carbonyl (C=O) groups excluding carboxylic acids is 3. The summed E-state index contributed by atoms with van der Waals surface area (Å²) in [4.78, 5) is 42.1. The van der Waals surface area contributed by atoms with Gasteiger partial charge in [-0.1, -0.05) is 50.6 Å². The number of hydrogen-bond donors (Lipinski definition) is 2. The van der Waals surface area contributed by atoms with Crippen molar-refractivity contribution < 1.29 is 18.8 Å². The first-order valence-electron chi connectivity index (χ1n) is 13.7. The van der Waals surface area contributed by atoms with Crippen LogP contribution in [0, 0.1) is 11.8 Å². The largest absolute Gasteiger partial charge is 0.415 e. The molecule has 2 N–H and O–H groups in total. The molecule has 2 aliphatic rings. The number of carbonyl (C=O) groups is 3. The van der Waals surface area contributed by atoms with Gasteiger partial charge in [-0.25, -0.2) is 0 Å². The van der Waals surface area contributed by atoms with Gasteiger partial charge >= 0.3 is 0 Å². The highest BCUT2D eigenvalue weighted by Gasteiger charge is 2.35. The van der Waals surface area contributed by atoms with Crippen LogP contribution in [0.1, 0.15) is 86.5 Å². The minimum atomic E-state index is -0.706. The van der Waals surface area contributed by atoms with E-state index >= 15 is 0 Å². The number of aromatic nitrogens is 2. The normalized spacial score (nSPS) is 20.3. The van der Waals surface area contributed by atoms with Gasteiger partial charge in [-0.3, -0.25) is 24.6 Å². The van der Waals surface area contributed by atoms with Crippen molar-refractivity contribution in [3.05, 3.63) is 41.3 Å². The molecule has 9 nitrogen and oxygen atoms in total. The summed E-state index contributed by atoms with van der Waals surface area (Å²) in [5.74, 6) is -1.76. The maximum absolute atomic E-state index is 13.3. The first-order valence-corrected chi connectivity index (χ1v) is 14.9. The Morgan fingerprint density at radius 2 is 1.85 bits per heavy atom. The van der Waals surface area contributed by atoms with Crippen molar-refractivity contribution in [1.82, 2.24) is 25.7 Å². The Morgan fingerprint density at radius 1 is 1.10 bits per heavy atom. The van der Waals surface area contributed by atoms with Gasteiger partial charge in [0.2, 0.25) is 17.7 Å². The number of thioether (sulfide) groups is 1. The van der Waals surface area contributed by atoms with Crippen LogP contribution in [0.3, 0.4) is 0 Å². The molecule has 0 bridgehead atoms. The van der Waals surface area contributed by atoms with E-state index in [2.05, 4.69) is 31.8 Å². The molecule has 1 aliphatic carbocycles. The highest BCUT2D eigenvalue weighted by atomic mass is 35.5. The number of nitrogens with one attached hydrogen (secondary N) is 2. The number of rotatable bonds is 10. The lowest BCUT2D eigenvalue weighted by Crippen LogP contribution is -2.50. The molecule has 1 aromatic carbocycles. The van der Waals surface area contributed by atoms with E-state index in [4.69, 9.17) is 4.42 Å². The number of amides is 3. The molecule has 2 aromatic rings. The molecule has 1 aliphatic heterocycles. The van der Waals surface area contributed by atoms with Crippen molar-refractivity contribution in [3.8, 4) is 0 Å². The third-order valence-corrected chi connectivity index (χ3v) is 7.89. The predicted octanol–water partition coefficient (Wildman–Crippen LogP) is 4.57. The van der Waals surface area contributed by atoms with Crippen molar-refractivity contribution in [3.63, 3.8) is 0 Å². The Hall–Kier alpha value is -2.43. The fourth-order valence-corrected chi connectivity index (χ4v) is 5.71. The number of imide groups is 1. The maximum Gasteiger partial charge on any atom is 0.276 e. The molecule has 2 fully saturated rings. The minimum absolute atomic E-state index is 0. The molecule has 3 atom stereocenters. The zero-order valence-electron chi connectivity index (χ0n) is 23.0. The molecule has 1 aromatic heterocycles. The van der Waals surface area contributed by atoms with Gasteiger partial charge in [-0.15, -0.1) is 22.6 Å². The van der Waals surface area contributed by atoms with Gasteiger partial charge in [-0.2, -0.15) is 0 Å². The Labute approximate surface area is 241 Å². The van der Waals surface area contributed by atoms with Crippen LogP contribution in [0.25, 0.3) is 0 Å². The van der Waals surface area contributed by atoms with Gasteiger partial charge < -0.3 is 9.73 Å². The number of likely N-dealkylation sites (tertiary alicyclic amines) is 1. The van der Waals surface area contributed by atoms with E-state index in [0.717, 1.165) is 38.0 Å². The number of halogens is 1. The monoisotopic (exact) mass is 577 g/mol. The molecule has 4 rings (SSSR count). The second-order valence-corrected chi connectivity index (χ2v) is 11.6. The molecule has 0 unspecified atom stereocenters. The standard InChI is InChI=1S/C28H39N5O4S.ClH/c1-18(2)15-22(27-31-32-28(37-27)38-3)26(36)30-25(35)21-11-4-5-12-23(21)29-24(34)20-10-8-9-19(16-20)17-33-13-6-7-14-33;/h8-10,16,18,21-23H,4-7,11-15,17H2,1-3H3,(H,29,34)(H,30,35,36);1H/t21-,22-,23+;/m1./s1.